The summed E-state index contributed by atoms with van der Waals surface area (Å²) in [6.45, 7) is 4.74. The zero-order valence-electron chi connectivity index (χ0n) is 13.4. The highest BCUT2D eigenvalue weighted by Gasteiger charge is 2.30. The summed E-state index contributed by atoms with van der Waals surface area (Å²) < 4.78 is 26.2. The highest BCUT2D eigenvalue weighted by molar-refractivity contribution is 7.89. The van der Waals surface area contributed by atoms with Crippen molar-refractivity contribution in [3.05, 3.63) is 11.4 Å². The highest BCUT2D eigenvalue weighted by atomic mass is 32.2. The minimum atomic E-state index is -3.78. The molecule has 2 amide bonds. The van der Waals surface area contributed by atoms with Gasteiger partial charge in [-0.15, -0.1) is 0 Å². The molecule has 1 saturated heterocycles. The molecule has 0 saturated carbocycles. The molecule has 0 unspecified atom stereocenters. The number of hydrogen-bond acceptors (Lipinski definition) is 5. The smallest absolute Gasteiger partial charge is 0.246 e. The van der Waals surface area contributed by atoms with Gasteiger partial charge in [0.1, 0.15) is 4.90 Å². The van der Waals surface area contributed by atoms with E-state index in [1.54, 1.807) is 23.6 Å². The van der Waals surface area contributed by atoms with E-state index < -0.39 is 10.0 Å². The van der Waals surface area contributed by atoms with Gasteiger partial charge in [0.25, 0.3) is 0 Å². The summed E-state index contributed by atoms with van der Waals surface area (Å²) in [5.74, 6) is -0.277. The van der Waals surface area contributed by atoms with Crippen LogP contribution in [0.2, 0.25) is 0 Å². The van der Waals surface area contributed by atoms with Crippen molar-refractivity contribution in [2.45, 2.75) is 18.7 Å². The Balaban J connectivity index is 2.05. The van der Waals surface area contributed by atoms with E-state index in [1.807, 2.05) is 0 Å². The molecule has 0 spiro atoms. The van der Waals surface area contributed by atoms with Gasteiger partial charge in [-0.1, -0.05) is 0 Å². The number of rotatable bonds is 5. The van der Waals surface area contributed by atoms with Crippen molar-refractivity contribution in [3.8, 4) is 0 Å². The van der Waals surface area contributed by atoms with Crippen LogP contribution in [0.3, 0.4) is 0 Å². The van der Waals surface area contributed by atoms with E-state index in [9.17, 15) is 18.0 Å². The van der Waals surface area contributed by atoms with E-state index in [0.29, 0.717) is 37.6 Å². The van der Waals surface area contributed by atoms with Gasteiger partial charge in [-0.2, -0.15) is 9.40 Å². The summed E-state index contributed by atoms with van der Waals surface area (Å²) in [4.78, 5) is 26.2. The van der Waals surface area contributed by atoms with Crippen molar-refractivity contribution < 1.29 is 18.0 Å². The highest BCUT2D eigenvalue weighted by Crippen LogP contribution is 2.20. The lowest BCUT2D eigenvalue weighted by Crippen LogP contribution is -2.50. The Bertz CT molecular complexity index is 672. The number of piperazine rings is 1. The molecule has 128 valence electrons. The summed E-state index contributed by atoms with van der Waals surface area (Å²) in [6.07, 6.45) is 0.753. The molecule has 1 N–H and O–H groups in total. The Hall–Kier alpha value is -1.94. The van der Waals surface area contributed by atoms with E-state index in [4.69, 9.17) is 0 Å². The molecule has 1 aliphatic heterocycles. The quantitative estimate of drug-likeness (QED) is 0.687. The van der Waals surface area contributed by atoms with Crippen LogP contribution in [0.5, 0.6) is 0 Å². The summed E-state index contributed by atoms with van der Waals surface area (Å²) in [6, 6.07) is 0. The third-order valence-electron chi connectivity index (χ3n) is 3.90. The number of likely N-dealkylation sites (N-methyl/N-ethyl adjacent to an activating group) is 1. The molecular formula is C13H21N5O4S. The molecular weight excluding hydrogens is 322 g/mol. The molecule has 0 atom stereocenters. The number of nitrogens with one attached hydrogen (secondary N) is 1. The topological polar surface area (TPSA) is 107 Å². The molecule has 0 radical (unpaired) electrons. The first kappa shape index (κ1) is 17.4. The van der Waals surface area contributed by atoms with Gasteiger partial charge in [-0.3, -0.25) is 14.7 Å². The maximum atomic E-state index is 12.6. The van der Waals surface area contributed by atoms with Gasteiger partial charge in [-0.25, -0.2) is 8.42 Å². The molecule has 1 aromatic rings. The normalized spacial score (nSPS) is 16.0. The van der Waals surface area contributed by atoms with Crippen LogP contribution in [-0.4, -0.2) is 84.8 Å². The van der Waals surface area contributed by atoms with Crippen LogP contribution in [0.1, 0.15) is 11.4 Å². The number of amides is 2. The predicted molar refractivity (Wildman–Crippen MR) is 82.1 cm³/mol. The Morgan fingerprint density at radius 1 is 1.30 bits per heavy atom. The second-order valence-corrected chi connectivity index (χ2v) is 7.53. The molecule has 10 heteroatoms. The maximum Gasteiger partial charge on any atom is 0.246 e. The number of hydrogen-bond donors (Lipinski definition) is 1. The molecule has 0 aliphatic carbocycles. The first-order valence-electron chi connectivity index (χ1n) is 7.22. The summed E-state index contributed by atoms with van der Waals surface area (Å²) >= 11 is 0. The van der Waals surface area contributed by atoms with Gasteiger partial charge in [0.15, 0.2) is 0 Å². The van der Waals surface area contributed by atoms with E-state index >= 15 is 0 Å². The fourth-order valence-corrected chi connectivity index (χ4v) is 3.97. The van der Waals surface area contributed by atoms with Gasteiger partial charge in [0.05, 0.1) is 17.9 Å². The number of aryl methyl sites for hydroxylation is 2. The fourth-order valence-electron chi connectivity index (χ4n) is 2.53. The predicted octanol–water partition coefficient (Wildman–Crippen LogP) is -1.05. The molecule has 1 aliphatic rings. The van der Waals surface area contributed by atoms with E-state index in [1.165, 1.54) is 7.05 Å². The van der Waals surface area contributed by atoms with Crippen molar-refractivity contribution in [2.75, 3.05) is 39.8 Å². The first-order valence-corrected chi connectivity index (χ1v) is 8.66. The van der Waals surface area contributed by atoms with Crippen molar-refractivity contribution in [2.24, 2.45) is 0 Å². The zero-order valence-corrected chi connectivity index (χ0v) is 14.3. The minimum Gasteiger partial charge on any atom is -0.342 e. The van der Waals surface area contributed by atoms with E-state index in [2.05, 4.69) is 10.2 Å². The average molecular weight is 343 g/mol. The third-order valence-corrected chi connectivity index (χ3v) is 5.97. The van der Waals surface area contributed by atoms with Crippen LogP contribution in [0.4, 0.5) is 0 Å². The maximum absolute atomic E-state index is 12.6. The van der Waals surface area contributed by atoms with Crippen molar-refractivity contribution in [1.82, 2.24) is 24.3 Å². The number of aromatic amines is 1. The monoisotopic (exact) mass is 343 g/mol. The molecule has 1 fully saturated rings. The largest absolute Gasteiger partial charge is 0.342 e. The van der Waals surface area contributed by atoms with Crippen LogP contribution < -0.4 is 0 Å². The first-order chi connectivity index (χ1) is 10.8. The van der Waals surface area contributed by atoms with Crippen LogP contribution in [-0.2, 0) is 19.6 Å². The lowest BCUT2D eigenvalue weighted by molar-refractivity contribution is -0.135. The lowest BCUT2D eigenvalue weighted by Gasteiger charge is -2.33. The van der Waals surface area contributed by atoms with Crippen LogP contribution in [0.15, 0.2) is 4.90 Å². The Morgan fingerprint density at radius 3 is 2.39 bits per heavy atom. The number of nitrogens with zero attached hydrogens (tertiary/aromatic N) is 4. The SMILES string of the molecule is Cc1n[nH]c(C)c1S(=O)(=O)N(C)CC(=O)N1CCN(C=O)CC1. The van der Waals surface area contributed by atoms with Gasteiger partial charge in [0.2, 0.25) is 22.3 Å². The van der Waals surface area contributed by atoms with Crippen LogP contribution >= 0.6 is 0 Å². The van der Waals surface area contributed by atoms with Gasteiger partial charge >= 0.3 is 0 Å². The van der Waals surface area contributed by atoms with Gasteiger partial charge in [0, 0.05) is 33.2 Å². The minimum absolute atomic E-state index is 0.110. The molecule has 23 heavy (non-hydrogen) atoms. The van der Waals surface area contributed by atoms with Crippen molar-refractivity contribution >= 4 is 22.3 Å². The molecule has 2 heterocycles. The average Bonchev–Trinajstić information content (AvgIpc) is 2.86. The van der Waals surface area contributed by atoms with E-state index in [-0.39, 0.29) is 17.3 Å². The molecule has 0 aromatic carbocycles. The second kappa shape index (κ2) is 6.67. The Morgan fingerprint density at radius 2 is 1.91 bits per heavy atom. The zero-order chi connectivity index (χ0) is 17.2. The van der Waals surface area contributed by atoms with Gasteiger partial charge in [-0.05, 0) is 13.8 Å². The standard InChI is InChI=1S/C13H21N5O4S/c1-10-13(11(2)15-14-10)23(21,22)16(3)8-12(20)18-6-4-17(9-19)5-7-18/h9H,4-8H2,1-3H3,(H,14,15). The number of carbonyl (C=O) groups excluding carboxylic acids is 2. The number of H-pyrrole nitrogens is 1. The van der Waals surface area contributed by atoms with Crippen molar-refractivity contribution in [3.63, 3.8) is 0 Å². The molecule has 0 bridgehead atoms. The van der Waals surface area contributed by atoms with Crippen LogP contribution in [0.25, 0.3) is 0 Å². The Kier molecular flexibility index (Phi) is 5.05. The summed E-state index contributed by atoms with van der Waals surface area (Å²) in [5.41, 5.74) is 0.822. The van der Waals surface area contributed by atoms with E-state index in [0.717, 1.165) is 10.7 Å². The van der Waals surface area contributed by atoms with Gasteiger partial charge < -0.3 is 9.80 Å². The molecule has 9 nitrogen and oxygen atoms in total. The lowest BCUT2D eigenvalue weighted by atomic mass is 10.3. The number of carbonyl (C=O) groups is 2. The second-order valence-electron chi connectivity index (χ2n) is 5.55. The molecule has 1 aromatic heterocycles. The van der Waals surface area contributed by atoms with Crippen LogP contribution in [0, 0.1) is 13.8 Å². The Labute approximate surface area is 135 Å². The van der Waals surface area contributed by atoms with Crippen molar-refractivity contribution in [1.29, 1.82) is 0 Å². The summed E-state index contributed by atoms with van der Waals surface area (Å²) in [5, 5.41) is 6.52. The fraction of sp³-hybridized carbons (Fsp3) is 0.615. The summed E-state index contributed by atoms with van der Waals surface area (Å²) in [7, 11) is -2.40. The molecule has 2 rings (SSSR count). The number of aromatic nitrogens is 2. The third kappa shape index (κ3) is 3.53. The number of sulfonamides is 1.